The number of carbonyl (C=O) groups is 1. The zero-order valence-corrected chi connectivity index (χ0v) is 10.5. The minimum atomic E-state index is -0.596. The van der Waals surface area contributed by atoms with E-state index in [-0.39, 0.29) is 24.5 Å². The summed E-state index contributed by atoms with van der Waals surface area (Å²) in [7, 11) is 0. The largest absolute Gasteiger partial charge is 0.463 e. The molecule has 2 N–H and O–H groups in total. The van der Waals surface area contributed by atoms with Gasteiger partial charge in [0.05, 0.1) is 6.10 Å². The van der Waals surface area contributed by atoms with Gasteiger partial charge in [0.25, 0.3) is 0 Å². The number of hydrogen-bond acceptors (Lipinski definition) is 6. The van der Waals surface area contributed by atoms with Crippen molar-refractivity contribution in [2.24, 2.45) is 0 Å². The number of esters is 1. The van der Waals surface area contributed by atoms with Crippen molar-refractivity contribution in [2.45, 2.75) is 25.7 Å². The van der Waals surface area contributed by atoms with Crippen molar-refractivity contribution in [3.8, 4) is 0 Å². The standard InChI is InChI=1S/C12H15N3O4/c1-7-5-9(6-18-8(2)16)19-11(7)15-4-3-10(13)14-12(15)17/h3-4,9,11H,1,5-6H2,2H3,(H2,13,14,17)/t9-,11+/m0/s1. The van der Waals surface area contributed by atoms with Gasteiger partial charge in [-0.15, -0.1) is 0 Å². The van der Waals surface area contributed by atoms with E-state index in [0.29, 0.717) is 6.42 Å². The van der Waals surface area contributed by atoms with Gasteiger partial charge in [-0.2, -0.15) is 4.98 Å². The predicted molar refractivity (Wildman–Crippen MR) is 67.2 cm³/mol. The third-order valence-electron chi connectivity index (χ3n) is 2.74. The maximum Gasteiger partial charge on any atom is 0.351 e. The molecule has 1 aromatic heterocycles. The molecule has 0 spiro atoms. The van der Waals surface area contributed by atoms with E-state index in [1.54, 1.807) is 0 Å². The third-order valence-corrected chi connectivity index (χ3v) is 2.74. The van der Waals surface area contributed by atoms with E-state index in [4.69, 9.17) is 15.2 Å². The monoisotopic (exact) mass is 265 g/mol. The molecule has 1 saturated heterocycles. The summed E-state index contributed by atoms with van der Waals surface area (Å²) in [4.78, 5) is 26.1. The molecule has 0 saturated carbocycles. The molecule has 0 radical (unpaired) electrons. The summed E-state index contributed by atoms with van der Waals surface area (Å²) in [6.07, 6.45) is 1.13. The summed E-state index contributed by atoms with van der Waals surface area (Å²) >= 11 is 0. The molecule has 2 heterocycles. The van der Waals surface area contributed by atoms with Gasteiger partial charge >= 0.3 is 11.7 Å². The van der Waals surface area contributed by atoms with Crippen LogP contribution in [0.1, 0.15) is 19.6 Å². The zero-order valence-electron chi connectivity index (χ0n) is 10.5. The lowest BCUT2D eigenvalue weighted by molar-refractivity contribution is -0.145. The Morgan fingerprint density at radius 3 is 3.11 bits per heavy atom. The maximum absolute atomic E-state index is 11.7. The second-order valence-electron chi connectivity index (χ2n) is 4.32. The zero-order chi connectivity index (χ0) is 14.0. The minimum absolute atomic E-state index is 0.141. The average Bonchev–Trinajstić information content (AvgIpc) is 2.68. The van der Waals surface area contributed by atoms with Gasteiger partial charge in [0.15, 0.2) is 6.23 Å². The Morgan fingerprint density at radius 1 is 1.74 bits per heavy atom. The van der Waals surface area contributed by atoms with Gasteiger partial charge in [-0.25, -0.2) is 4.79 Å². The molecule has 1 aromatic rings. The van der Waals surface area contributed by atoms with Crippen molar-refractivity contribution in [2.75, 3.05) is 12.3 Å². The van der Waals surface area contributed by atoms with Gasteiger partial charge in [0.2, 0.25) is 0 Å². The van der Waals surface area contributed by atoms with Crippen LogP contribution in [0.4, 0.5) is 5.82 Å². The first-order valence-corrected chi connectivity index (χ1v) is 5.78. The van der Waals surface area contributed by atoms with Crippen molar-refractivity contribution < 1.29 is 14.3 Å². The molecule has 0 aliphatic carbocycles. The Labute approximate surface area is 109 Å². The Hall–Kier alpha value is -2.15. The van der Waals surface area contributed by atoms with Gasteiger partial charge in [0, 0.05) is 19.5 Å². The molecule has 7 nitrogen and oxygen atoms in total. The fraction of sp³-hybridized carbons (Fsp3) is 0.417. The van der Waals surface area contributed by atoms with Crippen LogP contribution in [0.5, 0.6) is 0 Å². The maximum atomic E-state index is 11.7. The van der Waals surface area contributed by atoms with Gasteiger partial charge in [0.1, 0.15) is 12.4 Å². The number of carbonyl (C=O) groups excluding carboxylic acids is 1. The van der Waals surface area contributed by atoms with E-state index in [1.807, 2.05) is 0 Å². The smallest absolute Gasteiger partial charge is 0.351 e. The van der Waals surface area contributed by atoms with E-state index in [2.05, 4.69) is 11.6 Å². The van der Waals surface area contributed by atoms with Crippen LogP contribution in [0.2, 0.25) is 0 Å². The Kier molecular flexibility index (Phi) is 3.66. The highest BCUT2D eigenvalue weighted by Gasteiger charge is 2.31. The second-order valence-corrected chi connectivity index (χ2v) is 4.32. The van der Waals surface area contributed by atoms with E-state index in [9.17, 15) is 9.59 Å². The molecule has 0 aromatic carbocycles. The van der Waals surface area contributed by atoms with Crippen LogP contribution < -0.4 is 11.4 Å². The van der Waals surface area contributed by atoms with Crippen molar-refractivity contribution in [1.82, 2.24) is 9.55 Å². The van der Waals surface area contributed by atoms with Gasteiger partial charge < -0.3 is 15.2 Å². The molecular formula is C12H15N3O4. The summed E-state index contributed by atoms with van der Waals surface area (Å²) in [6.45, 7) is 5.34. The lowest BCUT2D eigenvalue weighted by Crippen LogP contribution is -2.28. The number of rotatable bonds is 3. The van der Waals surface area contributed by atoms with Crippen molar-refractivity contribution >= 4 is 11.8 Å². The number of ether oxygens (including phenoxy) is 2. The number of aromatic nitrogens is 2. The molecule has 2 atom stereocenters. The first-order chi connectivity index (χ1) is 8.97. The molecule has 1 aliphatic rings. The highest BCUT2D eigenvalue weighted by Crippen LogP contribution is 2.31. The van der Waals surface area contributed by atoms with Crippen molar-refractivity contribution in [1.29, 1.82) is 0 Å². The highest BCUT2D eigenvalue weighted by molar-refractivity contribution is 5.65. The molecule has 0 amide bonds. The van der Waals surface area contributed by atoms with Crippen LogP contribution in [-0.4, -0.2) is 28.2 Å². The number of nitrogens with zero attached hydrogens (tertiary/aromatic N) is 2. The van der Waals surface area contributed by atoms with Gasteiger partial charge in [-0.05, 0) is 11.6 Å². The van der Waals surface area contributed by atoms with Crippen LogP contribution in [0, 0.1) is 0 Å². The number of hydrogen-bond donors (Lipinski definition) is 1. The van der Waals surface area contributed by atoms with E-state index < -0.39 is 11.9 Å². The van der Waals surface area contributed by atoms with Crippen LogP contribution in [0.3, 0.4) is 0 Å². The second kappa shape index (κ2) is 5.23. The molecule has 1 aliphatic heterocycles. The first-order valence-electron chi connectivity index (χ1n) is 5.78. The van der Waals surface area contributed by atoms with Crippen LogP contribution in [0.25, 0.3) is 0 Å². The summed E-state index contributed by atoms with van der Waals surface area (Å²) in [5.41, 5.74) is 5.65. The molecule has 7 heteroatoms. The van der Waals surface area contributed by atoms with Gasteiger partial charge in [-0.3, -0.25) is 9.36 Å². The highest BCUT2D eigenvalue weighted by atomic mass is 16.6. The Balaban J connectivity index is 2.11. The number of nitrogens with two attached hydrogens (primary N) is 1. The summed E-state index contributed by atoms with van der Waals surface area (Å²) in [5.74, 6) is -0.217. The molecule has 102 valence electrons. The van der Waals surface area contributed by atoms with Gasteiger partial charge in [-0.1, -0.05) is 6.58 Å². The molecule has 2 rings (SSSR count). The lowest BCUT2D eigenvalue weighted by Gasteiger charge is -2.15. The van der Waals surface area contributed by atoms with E-state index >= 15 is 0 Å². The van der Waals surface area contributed by atoms with E-state index in [1.165, 1.54) is 23.8 Å². The summed E-state index contributed by atoms with van der Waals surface area (Å²) in [5, 5.41) is 0. The summed E-state index contributed by atoms with van der Waals surface area (Å²) in [6, 6.07) is 1.51. The SMILES string of the molecule is C=C1C[C@@H](COC(C)=O)O[C@H]1n1ccc(N)nc1=O. The van der Waals surface area contributed by atoms with Crippen LogP contribution in [-0.2, 0) is 14.3 Å². The Bertz CT molecular complexity index is 566. The Morgan fingerprint density at radius 2 is 2.47 bits per heavy atom. The molecular weight excluding hydrogens is 250 g/mol. The summed E-state index contributed by atoms with van der Waals surface area (Å²) < 4.78 is 11.8. The number of nitrogen functional groups attached to an aromatic ring is 1. The molecule has 1 fully saturated rings. The molecule has 0 bridgehead atoms. The molecule has 19 heavy (non-hydrogen) atoms. The fourth-order valence-electron chi connectivity index (χ4n) is 1.89. The van der Waals surface area contributed by atoms with Crippen molar-refractivity contribution in [3.63, 3.8) is 0 Å². The number of anilines is 1. The topological polar surface area (TPSA) is 96.4 Å². The fourth-order valence-corrected chi connectivity index (χ4v) is 1.89. The first kappa shape index (κ1) is 13.3. The van der Waals surface area contributed by atoms with Crippen molar-refractivity contribution in [3.05, 3.63) is 34.9 Å². The van der Waals surface area contributed by atoms with E-state index in [0.717, 1.165) is 5.57 Å². The average molecular weight is 265 g/mol. The van der Waals surface area contributed by atoms with Crippen LogP contribution >= 0.6 is 0 Å². The normalized spacial score (nSPS) is 22.5. The molecule has 0 unspecified atom stereocenters. The van der Waals surface area contributed by atoms with Crippen LogP contribution in [0.15, 0.2) is 29.2 Å². The predicted octanol–water partition coefficient (Wildman–Crippen LogP) is 0.232. The third kappa shape index (κ3) is 3.00. The lowest BCUT2D eigenvalue weighted by atomic mass is 10.1. The quantitative estimate of drug-likeness (QED) is 0.621. The minimum Gasteiger partial charge on any atom is -0.463 e.